The molecule has 1 aliphatic heterocycles. The molecule has 1 saturated heterocycles. The van der Waals surface area contributed by atoms with Gasteiger partial charge in [-0.3, -0.25) is 0 Å². The monoisotopic (exact) mass is 235 g/mol. The van der Waals surface area contributed by atoms with Crippen molar-refractivity contribution in [2.45, 2.75) is 45.1 Å². The Balaban J connectivity index is 2.12. The minimum atomic E-state index is -0.241. The zero-order chi connectivity index (χ0) is 12.5. The zero-order valence-electron chi connectivity index (χ0n) is 10.8. The first-order valence-electron chi connectivity index (χ1n) is 6.22. The van der Waals surface area contributed by atoms with Crippen LogP contribution in [-0.4, -0.2) is 34.3 Å². The Labute approximate surface area is 103 Å². The highest BCUT2D eigenvalue weighted by Crippen LogP contribution is 2.22. The van der Waals surface area contributed by atoms with E-state index >= 15 is 0 Å². The van der Waals surface area contributed by atoms with Gasteiger partial charge in [-0.15, -0.1) is 0 Å². The molecule has 2 rings (SSSR count). The van der Waals surface area contributed by atoms with Crippen molar-refractivity contribution in [3.63, 3.8) is 0 Å². The molecular formula is C13H21N3O. The molecule has 4 heteroatoms. The number of aromatic nitrogens is 2. The molecule has 0 saturated carbocycles. The van der Waals surface area contributed by atoms with E-state index in [0.29, 0.717) is 6.54 Å². The van der Waals surface area contributed by atoms with Crippen LogP contribution in [0.5, 0.6) is 0 Å². The fourth-order valence-electron chi connectivity index (χ4n) is 2.01. The number of piperidine rings is 1. The summed E-state index contributed by atoms with van der Waals surface area (Å²) in [4.78, 5) is 10.9. The van der Waals surface area contributed by atoms with Crippen LogP contribution in [0.15, 0.2) is 12.4 Å². The summed E-state index contributed by atoms with van der Waals surface area (Å²) in [5.41, 5.74) is 1.22. The highest BCUT2D eigenvalue weighted by Gasteiger charge is 2.20. The van der Waals surface area contributed by atoms with Crippen LogP contribution < -0.4 is 4.90 Å². The highest BCUT2D eigenvalue weighted by atomic mass is 16.3. The third kappa shape index (κ3) is 2.94. The van der Waals surface area contributed by atoms with Crippen molar-refractivity contribution in [1.29, 1.82) is 0 Å². The summed E-state index contributed by atoms with van der Waals surface area (Å²) in [6.07, 6.45) is 5.43. The standard InChI is InChI=1S/C13H21N3O/c1-13(2,3)10-7-14-12(15-8-10)16-6-4-5-11(17)9-16/h7-8,11,17H,4-6,9H2,1-3H3. The maximum Gasteiger partial charge on any atom is 0.225 e. The van der Waals surface area contributed by atoms with Gasteiger partial charge in [-0.25, -0.2) is 9.97 Å². The van der Waals surface area contributed by atoms with E-state index in [1.54, 1.807) is 0 Å². The Kier molecular flexibility index (Phi) is 3.33. The molecule has 1 N–H and O–H groups in total. The van der Waals surface area contributed by atoms with Gasteiger partial charge in [0.2, 0.25) is 5.95 Å². The van der Waals surface area contributed by atoms with Crippen LogP contribution in [0.3, 0.4) is 0 Å². The van der Waals surface area contributed by atoms with E-state index in [-0.39, 0.29) is 11.5 Å². The summed E-state index contributed by atoms with van der Waals surface area (Å²) in [5.74, 6) is 0.733. The third-order valence-corrected chi connectivity index (χ3v) is 3.18. The number of hydrogen-bond donors (Lipinski definition) is 1. The van der Waals surface area contributed by atoms with Gasteiger partial charge in [0.05, 0.1) is 6.10 Å². The molecule has 2 heterocycles. The van der Waals surface area contributed by atoms with E-state index in [4.69, 9.17) is 0 Å². The molecule has 0 spiro atoms. The lowest BCUT2D eigenvalue weighted by Crippen LogP contribution is -2.39. The lowest BCUT2D eigenvalue weighted by molar-refractivity contribution is 0.153. The quantitative estimate of drug-likeness (QED) is 0.805. The first-order valence-corrected chi connectivity index (χ1v) is 6.22. The molecule has 94 valence electrons. The van der Waals surface area contributed by atoms with Crippen LogP contribution in [-0.2, 0) is 5.41 Å². The molecule has 1 aromatic rings. The summed E-state index contributed by atoms with van der Waals surface area (Å²) in [6, 6.07) is 0. The molecule has 4 nitrogen and oxygen atoms in total. The van der Waals surface area contributed by atoms with E-state index in [9.17, 15) is 5.11 Å². The van der Waals surface area contributed by atoms with Crippen LogP contribution in [0.4, 0.5) is 5.95 Å². The second-order valence-corrected chi connectivity index (χ2v) is 5.76. The minimum Gasteiger partial charge on any atom is -0.391 e. The van der Waals surface area contributed by atoms with Gasteiger partial charge in [-0.2, -0.15) is 0 Å². The average molecular weight is 235 g/mol. The summed E-state index contributed by atoms with van der Waals surface area (Å²) in [6.45, 7) is 8.03. The maximum absolute atomic E-state index is 9.63. The number of β-amino-alcohol motifs (C(OH)–C–C–N with tert-alkyl or cyclic N) is 1. The molecular weight excluding hydrogens is 214 g/mol. The molecule has 0 aliphatic carbocycles. The highest BCUT2D eigenvalue weighted by molar-refractivity contribution is 5.32. The molecule has 1 atom stereocenters. The number of rotatable bonds is 1. The average Bonchev–Trinajstić information content (AvgIpc) is 2.28. The van der Waals surface area contributed by atoms with Crippen LogP contribution in [0.2, 0.25) is 0 Å². The number of nitrogens with zero attached hydrogens (tertiary/aromatic N) is 3. The van der Waals surface area contributed by atoms with Gasteiger partial charge in [-0.05, 0) is 23.8 Å². The molecule has 0 amide bonds. The fraction of sp³-hybridized carbons (Fsp3) is 0.692. The molecule has 0 aromatic carbocycles. The lowest BCUT2D eigenvalue weighted by atomic mass is 9.89. The molecule has 0 bridgehead atoms. The predicted octanol–water partition coefficient (Wildman–Crippen LogP) is 1.74. The first-order chi connectivity index (χ1) is 7.97. The fourth-order valence-corrected chi connectivity index (χ4v) is 2.01. The number of aliphatic hydroxyl groups is 1. The van der Waals surface area contributed by atoms with E-state index in [2.05, 4.69) is 35.6 Å². The van der Waals surface area contributed by atoms with Crippen LogP contribution >= 0.6 is 0 Å². The number of aliphatic hydroxyl groups excluding tert-OH is 1. The summed E-state index contributed by atoms with van der Waals surface area (Å²) < 4.78 is 0. The van der Waals surface area contributed by atoms with Crippen LogP contribution in [0, 0.1) is 0 Å². The minimum absolute atomic E-state index is 0.0833. The van der Waals surface area contributed by atoms with E-state index in [0.717, 1.165) is 30.9 Å². The van der Waals surface area contributed by atoms with Gasteiger partial charge >= 0.3 is 0 Å². The zero-order valence-corrected chi connectivity index (χ0v) is 10.8. The van der Waals surface area contributed by atoms with Crippen molar-refractivity contribution in [2.75, 3.05) is 18.0 Å². The van der Waals surface area contributed by atoms with E-state index < -0.39 is 0 Å². The second kappa shape index (κ2) is 4.61. The summed E-state index contributed by atoms with van der Waals surface area (Å²) in [5, 5.41) is 9.63. The Bertz CT molecular complexity index is 369. The first kappa shape index (κ1) is 12.3. The summed E-state index contributed by atoms with van der Waals surface area (Å²) in [7, 11) is 0. The van der Waals surface area contributed by atoms with Crippen molar-refractivity contribution in [2.24, 2.45) is 0 Å². The maximum atomic E-state index is 9.63. The van der Waals surface area contributed by atoms with Crippen molar-refractivity contribution < 1.29 is 5.11 Å². The van der Waals surface area contributed by atoms with Crippen molar-refractivity contribution in [3.05, 3.63) is 18.0 Å². The van der Waals surface area contributed by atoms with Crippen LogP contribution in [0.1, 0.15) is 39.2 Å². The van der Waals surface area contributed by atoms with Gasteiger partial charge in [0.1, 0.15) is 0 Å². The van der Waals surface area contributed by atoms with Crippen LogP contribution in [0.25, 0.3) is 0 Å². The van der Waals surface area contributed by atoms with Gasteiger partial charge < -0.3 is 10.0 Å². The largest absolute Gasteiger partial charge is 0.391 e. The van der Waals surface area contributed by atoms with Crippen molar-refractivity contribution >= 4 is 5.95 Å². The summed E-state index contributed by atoms with van der Waals surface area (Å²) >= 11 is 0. The number of anilines is 1. The van der Waals surface area contributed by atoms with Crippen molar-refractivity contribution in [3.8, 4) is 0 Å². The third-order valence-electron chi connectivity index (χ3n) is 3.18. The molecule has 1 unspecified atom stereocenters. The van der Waals surface area contributed by atoms with E-state index in [1.165, 1.54) is 0 Å². The topological polar surface area (TPSA) is 49.2 Å². The smallest absolute Gasteiger partial charge is 0.225 e. The van der Waals surface area contributed by atoms with Gasteiger partial charge in [0.25, 0.3) is 0 Å². The van der Waals surface area contributed by atoms with Crippen molar-refractivity contribution in [1.82, 2.24) is 9.97 Å². The van der Waals surface area contributed by atoms with E-state index in [1.807, 2.05) is 12.4 Å². The molecule has 1 aliphatic rings. The Hall–Kier alpha value is -1.16. The Morgan fingerprint density at radius 2 is 1.94 bits per heavy atom. The molecule has 17 heavy (non-hydrogen) atoms. The Morgan fingerprint density at radius 3 is 2.47 bits per heavy atom. The number of hydrogen-bond acceptors (Lipinski definition) is 4. The van der Waals surface area contributed by atoms with Gasteiger partial charge in [0.15, 0.2) is 0 Å². The van der Waals surface area contributed by atoms with Gasteiger partial charge in [-0.1, -0.05) is 20.8 Å². The van der Waals surface area contributed by atoms with Gasteiger partial charge in [0, 0.05) is 25.5 Å². The lowest BCUT2D eigenvalue weighted by Gasteiger charge is -2.30. The Morgan fingerprint density at radius 1 is 1.29 bits per heavy atom. The predicted molar refractivity (Wildman–Crippen MR) is 68.2 cm³/mol. The molecule has 0 radical (unpaired) electrons. The molecule has 1 fully saturated rings. The normalized spacial score (nSPS) is 21.6. The molecule has 1 aromatic heterocycles. The second-order valence-electron chi connectivity index (χ2n) is 5.76. The SMILES string of the molecule is CC(C)(C)c1cnc(N2CCCC(O)C2)nc1.